The zero-order valence-electron chi connectivity index (χ0n) is 20.7. The topological polar surface area (TPSA) is 74.9 Å². The Hall–Kier alpha value is -4.36. The molecular weight excluding hydrogens is 466 g/mol. The number of carbonyl (C=O) groups excluding carboxylic acids is 2. The molecule has 186 valence electrons. The maximum absolute atomic E-state index is 13.6. The molecule has 7 nitrogen and oxygen atoms in total. The fourth-order valence-corrected chi connectivity index (χ4v) is 5.17. The summed E-state index contributed by atoms with van der Waals surface area (Å²) in [7, 11) is 1.74. The molecule has 0 saturated heterocycles. The van der Waals surface area contributed by atoms with E-state index in [2.05, 4.69) is 23.2 Å². The summed E-state index contributed by atoms with van der Waals surface area (Å²) >= 11 is 0. The van der Waals surface area contributed by atoms with Crippen LogP contribution in [-0.2, 0) is 27.5 Å². The van der Waals surface area contributed by atoms with Crippen molar-refractivity contribution in [2.45, 2.75) is 26.0 Å². The molecule has 1 unspecified atom stereocenters. The van der Waals surface area contributed by atoms with E-state index in [-0.39, 0.29) is 17.9 Å². The summed E-state index contributed by atoms with van der Waals surface area (Å²) in [5.74, 6) is 0.589. The van der Waals surface area contributed by atoms with Crippen LogP contribution in [-0.4, -0.2) is 35.3 Å². The highest BCUT2D eigenvalue weighted by Crippen LogP contribution is 2.40. The van der Waals surface area contributed by atoms with Crippen molar-refractivity contribution in [3.05, 3.63) is 101 Å². The quantitative estimate of drug-likeness (QED) is 0.315. The number of H-pyrrole nitrogens is 1. The molecule has 2 aliphatic heterocycles. The van der Waals surface area contributed by atoms with E-state index >= 15 is 0 Å². The number of fused-ring (bicyclic) bond motifs is 4. The van der Waals surface area contributed by atoms with Crippen LogP contribution in [0.25, 0.3) is 17.0 Å². The van der Waals surface area contributed by atoms with Crippen molar-refractivity contribution in [1.29, 1.82) is 0 Å². The minimum absolute atomic E-state index is 0.0329. The van der Waals surface area contributed by atoms with Gasteiger partial charge in [0.25, 0.3) is 0 Å². The maximum Gasteiger partial charge on any atom is 0.247 e. The third-order valence-corrected chi connectivity index (χ3v) is 7.26. The highest BCUT2D eigenvalue weighted by Gasteiger charge is 2.34. The summed E-state index contributed by atoms with van der Waals surface area (Å²) in [6.07, 6.45) is 4.21. The minimum atomic E-state index is -0.283. The van der Waals surface area contributed by atoms with Gasteiger partial charge in [0.05, 0.1) is 6.04 Å². The first-order valence-electron chi connectivity index (χ1n) is 12.3. The Balaban J connectivity index is 1.34. The lowest BCUT2D eigenvalue weighted by molar-refractivity contribution is -0.194. The summed E-state index contributed by atoms with van der Waals surface area (Å²) in [5, 5.41) is 1.20. The molecule has 4 aromatic rings. The second-order valence-corrected chi connectivity index (χ2v) is 9.46. The Morgan fingerprint density at radius 2 is 1.89 bits per heavy atom. The normalized spacial score (nSPS) is 16.5. The van der Waals surface area contributed by atoms with Gasteiger partial charge in [-0.3, -0.25) is 9.59 Å². The second-order valence-electron chi connectivity index (χ2n) is 9.46. The number of nitrogens with zero attached hydrogens (tertiary/aromatic N) is 2. The molecule has 2 amide bonds. The first kappa shape index (κ1) is 23.1. The highest BCUT2D eigenvalue weighted by molar-refractivity contribution is 5.94. The third kappa shape index (κ3) is 4.17. The van der Waals surface area contributed by atoms with Crippen molar-refractivity contribution in [3.8, 4) is 5.75 Å². The Morgan fingerprint density at radius 3 is 2.70 bits per heavy atom. The van der Waals surface area contributed by atoms with Crippen LogP contribution >= 0.6 is 0 Å². The Labute approximate surface area is 214 Å². The van der Waals surface area contributed by atoms with E-state index < -0.39 is 0 Å². The van der Waals surface area contributed by atoms with Crippen LogP contribution < -0.4 is 9.79 Å². The van der Waals surface area contributed by atoms with E-state index in [1.165, 1.54) is 17.9 Å². The zero-order valence-corrected chi connectivity index (χ0v) is 20.7. The molecule has 0 aliphatic carbocycles. The van der Waals surface area contributed by atoms with E-state index in [0.29, 0.717) is 18.9 Å². The van der Waals surface area contributed by atoms with Gasteiger partial charge in [-0.2, -0.15) is 4.89 Å². The fraction of sp³-hybridized carbons (Fsp3) is 0.200. The maximum atomic E-state index is 13.6. The molecule has 2 aliphatic rings. The summed E-state index contributed by atoms with van der Waals surface area (Å²) in [6, 6.07) is 21.6. The van der Waals surface area contributed by atoms with Gasteiger partial charge in [0, 0.05) is 54.4 Å². The number of anilines is 1. The Kier molecular flexibility index (Phi) is 5.77. The van der Waals surface area contributed by atoms with E-state index in [1.807, 2.05) is 59.5 Å². The largest absolute Gasteiger partial charge is 0.356 e. The van der Waals surface area contributed by atoms with Crippen molar-refractivity contribution in [2.24, 2.45) is 0 Å². The lowest BCUT2D eigenvalue weighted by atomic mass is 9.91. The van der Waals surface area contributed by atoms with Gasteiger partial charge in [0.2, 0.25) is 11.8 Å². The number of benzene rings is 3. The number of rotatable bonds is 4. The van der Waals surface area contributed by atoms with Crippen molar-refractivity contribution in [1.82, 2.24) is 9.88 Å². The van der Waals surface area contributed by atoms with Crippen LogP contribution in [0.4, 0.5) is 5.69 Å². The first-order valence-corrected chi connectivity index (χ1v) is 12.3. The van der Waals surface area contributed by atoms with Gasteiger partial charge in [-0.05, 0) is 53.5 Å². The monoisotopic (exact) mass is 493 g/mol. The molecule has 0 fully saturated rings. The molecule has 3 heterocycles. The van der Waals surface area contributed by atoms with E-state index in [1.54, 1.807) is 18.0 Å². The van der Waals surface area contributed by atoms with Gasteiger partial charge in [0.1, 0.15) is 6.61 Å². The summed E-state index contributed by atoms with van der Waals surface area (Å²) in [4.78, 5) is 42.8. The SMILES string of the molecule is CC(=O)N(C)c1ccc(/C=C/C(=O)N2CCc3c([nH]c4ccccc34)C2c2ccc3c(c2)OOC3)cc1. The predicted molar refractivity (Wildman–Crippen MR) is 142 cm³/mol. The minimum Gasteiger partial charge on any atom is -0.356 e. The number of carbonyl (C=O) groups is 2. The van der Waals surface area contributed by atoms with Gasteiger partial charge in [-0.25, -0.2) is 0 Å². The summed E-state index contributed by atoms with van der Waals surface area (Å²) < 4.78 is 0. The molecular formula is C30H27N3O4. The van der Waals surface area contributed by atoms with Crippen LogP contribution in [0.2, 0.25) is 0 Å². The predicted octanol–water partition coefficient (Wildman–Crippen LogP) is 5.16. The van der Waals surface area contributed by atoms with Crippen LogP contribution in [0.5, 0.6) is 5.75 Å². The molecule has 6 rings (SSSR count). The number of amides is 2. The molecule has 1 atom stereocenters. The van der Waals surface area contributed by atoms with Crippen LogP contribution in [0.1, 0.15) is 40.9 Å². The van der Waals surface area contributed by atoms with E-state index in [9.17, 15) is 9.59 Å². The van der Waals surface area contributed by atoms with Crippen molar-refractivity contribution < 1.29 is 19.4 Å². The van der Waals surface area contributed by atoms with Crippen LogP contribution in [0.3, 0.4) is 0 Å². The first-order chi connectivity index (χ1) is 18.0. The van der Waals surface area contributed by atoms with Gasteiger partial charge in [-0.15, -0.1) is 0 Å². The standard InChI is InChI=1S/C30H27N3O4/c1-19(34)32(2)23-12-7-20(8-13-23)9-14-28(35)33-16-15-25-24-5-3-4-6-26(24)31-29(25)30(33)21-10-11-22-18-36-37-27(22)17-21/h3-14,17,30-31H,15-16,18H2,1-2H3/b14-9+. The summed E-state index contributed by atoms with van der Waals surface area (Å²) in [6.45, 7) is 2.55. The number of para-hydroxylation sites is 1. The highest BCUT2D eigenvalue weighted by atomic mass is 17.2. The average molecular weight is 494 g/mol. The Bertz CT molecular complexity index is 1540. The number of aromatic nitrogens is 1. The number of nitrogens with one attached hydrogen (secondary N) is 1. The second kappa shape index (κ2) is 9.26. The van der Waals surface area contributed by atoms with Gasteiger partial charge in [0.15, 0.2) is 5.75 Å². The van der Waals surface area contributed by atoms with E-state index in [0.717, 1.165) is 40.0 Å². The molecule has 1 N–H and O–H groups in total. The zero-order chi connectivity index (χ0) is 25.5. The summed E-state index contributed by atoms with van der Waals surface area (Å²) in [5.41, 5.74) is 7.00. The van der Waals surface area contributed by atoms with E-state index in [4.69, 9.17) is 9.78 Å². The van der Waals surface area contributed by atoms with Crippen molar-refractivity contribution in [2.75, 3.05) is 18.5 Å². The number of aromatic amines is 1. The lowest BCUT2D eigenvalue weighted by Gasteiger charge is -2.35. The Morgan fingerprint density at radius 1 is 1.08 bits per heavy atom. The third-order valence-electron chi connectivity index (χ3n) is 7.26. The smallest absolute Gasteiger partial charge is 0.247 e. The van der Waals surface area contributed by atoms with Crippen molar-refractivity contribution in [3.63, 3.8) is 0 Å². The van der Waals surface area contributed by atoms with Gasteiger partial charge in [-0.1, -0.05) is 42.5 Å². The molecule has 0 spiro atoms. The molecule has 7 heteroatoms. The van der Waals surface area contributed by atoms with Crippen molar-refractivity contribution >= 4 is 34.5 Å². The molecule has 3 aromatic carbocycles. The fourth-order valence-electron chi connectivity index (χ4n) is 5.17. The van der Waals surface area contributed by atoms with Crippen LogP contribution in [0.15, 0.2) is 72.8 Å². The van der Waals surface area contributed by atoms with Crippen LogP contribution in [0, 0.1) is 0 Å². The number of hydrogen-bond acceptors (Lipinski definition) is 4. The lowest BCUT2D eigenvalue weighted by Crippen LogP contribution is -2.39. The molecule has 1 aromatic heterocycles. The molecule has 0 radical (unpaired) electrons. The van der Waals surface area contributed by atoms with Gasteiger partial charge >= 0.3 is 0 Å². The van der Waals surface area contributed by atoms with Gasteiger partial charge < -0.3 is 19.7 Å². The number of hydrogen-bond donors (Lipinski definition) is 1. The molecule has 0 saturated carbocycles. The molecule has 0 bridgehead atoms. The molecule has 37 heavy (non-hydrogen) atoms. The average Bonchev–Trinajstić information content (AvgIpc) is 3.55.